The van der Waals surface area contributed by atoms with Gasteiger partial charge in [-0.25, -0.2) is 4.99 Å². The van der Waals surface area contributed by atoms with E-state index in [9.17, 15) is 10.1 Å². The van der Waals surface area contributed by atoms with Gasteiger partial charge in [-0.1, -0.05) is 6.92 Å². The van der Waals surface area contributed by atoms with Crippen molar-refractivity contribution in [2.75, 3.05) is 37.5 Å². The fourth-order valence-corrected chi connectivity index (χ4v) is 2.12. The molecule has 9 nitrogen and oxygen atoms in total. The highest BCUT2D eigenvalue weighted by atomic mass is 16.6. The summed E-state index contributed by atoms with van der Waals surface area (Å²) >= 11 is 0. The Bertz CT molecular complexity index is 646. The summed E-state index contributed by atoms with van der Waals surface area (Å²) in [6.45, 7) is 6.00. The topological polar surface area (TPSA) is 126 Å². The van der Waals surface area contributed by atoms with E-state index >= 15 is 0 Å². The Morgan fingerprint density at radius 1 is 1.52 bits per heavy atom. The van der Waals surface area contributed by atoms with E-state index in [1.165, 1.54) is 19.2 Å². The van der Waals surface area contributed by atoms with Gasteiger partial charge in [0.25, 0.3) is 5.69 Å². The van der Waals surface area contributed by atoms with Crippen LogP contribution in [0.3, 0.4) is 0 Å². The van der Waals surface area contributed by atoms with Crippen LogP contribution < -0.4 is 20.7 Å². The van der Waals surface area contributed by atoms with E-state index in [1.54, 1.807) is 11.9 Å². The third-order valence-corrected chi connectivity index (χ3v) is 3.89. The van der Waals surface area contributed by atoms with Gasteiger partial charge in [0, 0.05) is 25.7 Å². The Morgan fingerprint density at radius 2 is 2.16 bits per heavy atom. The molecule has 9 heteroatoms. The van der Waals surface area contributed by atoms with Crippen molar-refractivity contribution in [1.82, 2.24) is 0 Å². The number of nitrogens with zero attached hydrogens (tertiary/aromatic N) is 3. The van der Waals surface area contributed by atoms with Gasteiger partial charge >= 0.3 is 0 Å². The minimum Gasteiger partial charge on any atom is -0.494 e. The lowest BCUT2D eigenvalue weighted by Gasteiger charge is -2.21. The van der Waals surface area contributed by atoms with E-state index in [1.807, 2.05) is 20.8 Å². The number of aliphatic imine (C=N–C) groups is 1. The molecule has 0 aromatic heterocycles. The number of anilines is 2. The summed E-state index contributed by atoms with van der Waals surface area (Å²) in [5, 5.41) is 23.4. The van der Waals surface area contributed by atoms with Crippen LogP contribution in [-0.2, 0) is 0 Å². The smallest absolute Gasteiger partial charge is 0.294 e. The van der Waals surface area contributed by atoms with Crippen LogP contribution in [0.25, 0.3) is 0 Å². The highest BCUT2D eigenvalue weighted by Crippen LogP contribution is 2.37. The first-order chi connectivity index (χ1) is 11.6. The summed E-state index contributed by atoms with van der Waals surface area (Å²) in [6, 6.07) is 2.89. The molecule has 25 heavy (non-hydrogen) atoms. The molecule has 1 aromatic carbocycles. The number of nitro benzene ring substituents is 1. The number of guanidine groups is 1. The van der Waals surface area contributed by atoms with Gasteiger partial charge in [0.05, 0.1) is 29.9 Å². The lowest BCUT2D eigenvalue weighted by atomic mass is 10.0. The van der Waals surface area contributed by atoms with Crippen molar-refractivity contribution in [2.45, 2.75) is 32.7 Å². The molecule has 0 unspecified atom stereocenters. The average Bonchev–Trinajstić information content (AvgIpc) is 2.53. The number of hydrogen-bond donors (Lipinski definition) is 3. The van der Waals surface area contributed by atoms with Crippen molar-refractivity contribution in [3.05, 3.63) is 22.2 Å². The Labute approximate surface area is 147 Å². The first kappa shape index (κ1) is 20.5. The summed E-state index contributed by atoms with van der Waals surface area (Å²) in [6.07, 6.45) is 0.789. The van der Waals surface area contributed by atoms with E-state index in [4.69, 9.17) is 15.6 Å². The fourth-order valence-electron chi connectivity index (χ4n) is 2.12. The Morgan fingerprint density at radius 3 is 2.64 bits per heavy atom. The van der Waals surface area contributed by atoms with Gasteiger partial charge in [-0.15, -0.1) is 0 Å². The first-order valence-electron chi connectivity index (χ1n) is 7.96. The van der Waals surface area contributed by atoms with Crippen LogP contribution in [0.4, 0.5) is 17.1 Å². The highest BCUT2D eigenvalue weighted by Gasteiger charge is 2.22. The maximum Gasteiger partial charge on any atom is 0.294 e. The van der Waals surface area contributed by atoms with E-state index in [0.29, 0.717) is 17.1 Å². The second kappa shape index (κ2) is 8.52. The van der Waals surface area contributed by atoms with Crippen molar-refractivity contribution in [1.29, 1.82) is 0 Å². The fraction of sp³-hybridized carbons (Fsp3) is 0.562. The maximum atomic E-state index is 11.4. The van der Waals surface area contributed by atoms with Crippen molar-refractivity contribution < 1.29 is 14.8 Å². The predicted molar refractivity (Wildman–Crippen MR) is 99.6 cm³/mol. The number of aliphatic hydroxyl groups is 1. The molecule has 0 spiro atoms. The molecule has 0 atom stereocenters. The molecule has 140 valence electrons. The maximum absolute atomic E-state index is 11.4. The second-order valence-corrected chi connectivity index (χ2v) is 6.23. The number of benzene rings is 1. The molecule has 0 bridgehead atoms. The molecule has 0 saturated carbocycles. The summed E-state index contributed by atoms with van der Waals surface area (Å²) in [4.78, 5) is 16.9. The van der Waals surface area contributed by atoms with Crippen LogP contribution in [0.15, 0.2) is 17.1 Å². The van der Waals surface area contributed by atoms with Gasteiger partial charge in [-0.3, -0.25) is 10.1 Å². The summed E-state index contributed by atoms with van der Waals surface area (Å²) in [5.41, 5.74) is 6.15. The number of likely N-dealkylation sites (N-methyl/N-ethyl adjacent to an activating group) is 1. The lowest BCUT2D eigenvalue weighted by Crippen LogP contribution is -2.29. The zero-order valence-electron chi connectivity index (χ0n) is 15.4. The molecular formula is C16H27N5O4. The molecule has 0 saturated heterocycles. The Balaban J connectivity index is 3.32. The van der Waals surface area contributed by atoms with Gasteiger partial charge in [-0.05, 0) is 20.3 Å². The molecule has 1 rings (SSSR count). The molecule has 0 radical (unpaired) electrons. The van der Waals surface area contributed by atoms with Crippen LogP contribution in [0.5, 0.6) is 5.75 Å². The number of rotatable bonds is 8. The van der Waals surface area contributed by atoms with Gasteiger partial charge in [-0.2, -0.15) is 0 Å². The Hall–Kier alpha value is -2.55. The van der Waals surface area contributed by atoms with Gasteiger partial charge in [0.1, 0.15) is 11.4 Å². The molecule has 0 aliphatic carbocycles. The van der Waals surface area contributed by atoms with Gasteiger partial charge in [0.15, 0.2) is 5.96 Å². The largest absolute Gasteiger partial charge is 0.494 e. The summed E-state index contributed by atoms with van der Waals surface area (Å²) in [7, 11) is 3.12. The first-order valence-corrected chi connectivity index (χ1v) is 7.96. The quantitative estimate of drug-likeness (QED) is 0.282. The standard InChI is InChI=1S/C16H27N5O4/c1-6-16(2,3)19-15(17)18-11-9-13(21(23)24)12(10-14(11)25-5)20(4)7-8-22/h9-10,22H,6-8H2,1-5H3,(H3,17,18,19). The molecular weight excluding hydrogens is 326 g/mol. The normalized spacial score (nSPS) is 12.0. The number of nitro groups is 1. The van der Waals surface area contributed by atoms with Gasteiger partial charge in [0.2, 0.25) is 0 Å². The number of nitrogens with two attached hydrogens (primary N) is 1. The highest BCUT2D eigenvalue weighted by molar-refractivity contribution is 5.95. The van der Waals surface area contributed by atoms with Crippen LogP contribution in [-0.4, -0.2) is 48.8 Å². The Kier molecular flexibility index (Phi) is 6.98. The van der Waals surface area contributed by atoms with Crippen LogP contribution in [0, 0.1) is 10.1 Å². The average molecular weight is 353 g/mol. The van der Waals surface area contributed by atoms with Gasteiger partial charge < -0.3 is 25.8 Å². The van der Waals surface area contributed by atoms with Crippen LogP contribution >= 0.6 is 0 Å². The molecule has 0 heterocycles. The molecule has 0 fully saturated rings. The van der Waals surface area contributed by atoms with E-state index in [0.717, 1.165) is 6.42 Å². The van der Waals surface area contributed by atoms with Crippen molar-refractivity contribution in [2.24, 2.45) is 10.7 Å². The van der Waals surface area contributed by atoms with E-state index in [-0.39, 0.29) is 30.3 Å². The van der Waals surface area contributed by atoms with E-state index in [2.05, 4.69) is 10.3 Å². The third kappa shape index (κ3) is 5.49. The minimum absolute atomic E-state index is 0.123. The van der Waals surface area contributed by atoms with E-state index < -0.39 is 4.92 Å². The number of hydrogen-bond acceptors (Lipinski definition) is 6. The lowest BCUT2D eigenvalue weighted by molar-refractivity contribution is -0.384. The third-order valence-electron chi connectivity index (χ3n) is 3.89. The zero-order chi connectivity index (χ0) is 19.2. The van der Waals surface area contributed by atoms with Crippen LogP contribution in [0.1, 0.15) is 27.2 Å². The number of aliphatic hydroxyl groups excluding tert-OH is 1. The molecule has 0 aliphatic rings. The minimum atomic E-state index is -0.489. The molecule has 4 N–H and O–H groups in total. The molecule has 1 aromatic rings. The summed E-state index contributed by atoms with van der Waals surface area (Å²) < 4.78 is 5.32. The van der Waals surface area contributed by atoms with Crippen molar-refractivity contribution >= 4 is 23.0 Å². The summed E-state index contributed by atoms with van der Waals surface area (Å²) in [5.74, 6) is 0.536. The number of nitrogens with one attached hydrogen (secondary N) is 1. The number of ether oxygens (including phenoxy) is 1. The predicted octanol–water partition coefficient (Wildman–Crippen LogP) is 1.95. The SMILES string of the molecule is CCC(C)(C)N=C(N)Nc1cc([N+](=O)[O-])c(N(C)CCO)cc1OC. The number of methoxy groups -OCH3 is 1. The van der Waals surface area contributed by atoms with Crippen molar-refractivity contribution in [3.63, 3.8) is 0 Å². The monoisotopic (exact) mass is 353 g/mol. The molecule has 0 aliphatic heterocycles. The second-order valence-electron chi connectivity index (χ2n) is 6.23. The zero-order valence-corrected chi connectivity index (χ0v) is 15.4. The van der Waals surface area contributed by atoms with Crippen molar-refractivity contribution in [3.8, 4) is 5.75 Å². The molecule has 0 amide bonds. The van der Waals surface area contributed by atoms with Crippen LogP contribution in [0.2, 0.25) is 0 Å².